The Morgan fingerprint density at radius 3 is 2.71 bits per heavy atom. The standard InChI is InChI=1S/C25H26FNO3.ClH/c1-16(21-8-4-6-17-5-2-3-7-22(17)21)27-20-11-9-18(13-20)19-10-12-24(23(26)14-19)30-15-25(28)29;/h2-8,10,12,14,16,18,20,27H,9,11,13,15H2,1H3,(H,28,29);1H/t16-,18-,20+;/m1./s1. The summed E-state index contributed by atoms with van der Waals surface area (Å²) in [4.78, 5) is 10.6. The Bertz CT molecular complexity index is 1050. The molecule has 1 fully saturated rings. The molecule has 1 aliphatic carbocycles. The van der Waals surface area contributed by atoms with Gasteiger partial charge in [-0.15, -0.1) is 12.4 Å². The first-order valence-corrected chi connectivity index (χ1v) is 10.4. The van der Waals surface area contributed by atoms with Crippen LogP contribution in [-0.4, -0.2) is 23.7 Å². The largest absolute Gasteiger partial charge is 0.479 e. The summed E-state index contributed by atoms with van der Waals surface area (Å²) in [5.74, 6) is -1.36. The van der Waals surface area contributed by atoms with Crippen molar-refractivity contribution in [3.05, 3.63) is 77.6 Å². The highest BCUT2D eigenvalue weighted by Crippen LogP contribution is 2.37. The second-order valence-corrected chi connectivity index (χ2v) is 8.04. The fourth-order valence-electron chi connectivity index (χ4n) is 4.53. The minimum Gasteiger partial charge on any atom is -0.479 e. The van der Waals surface area contributed by atoms with Crippen molar-refractivity contribution >= 4 is 29.1 Å². The van der Waals surface area contributed by atoms with Crippen molar-refractivity contribution in [2.45, 2.75) is 44.2 Å². The van der Waals surface area contributed by atoms with E-state index in [9.17, 15) is 9.18 Å². The first-order valence-electron chi connectivity index (χ1n) is 10.4. The Morgan fingerprint density at radius 1 is 1.16 bits per heavy atom. The van der Waals surface area contributed by atoms with Crippen molar-refractivity contribution in [2.75, 3.05) is 6.61 Å². The van der Waals surface area contributed by atoms with Crippen LogP contribution in [0.3, 0.4) is 0 Å². The lowest BCUT2D eigenvalue weighted by Gasteiger charge is -2.21. The lowest BCUT2D eigenvalue weighted by atomic mass is 9.96. The van der Waals surface area contributed by atoms with Gasteiger partial charge in [-0.1, -0.05) is 48.5 Å². The van der Waals surface area contributed by atoms with Gasteiger partial charge in [-0.2, -0.15) is 0 Å². The van der Waals surface area contributed by atoms with Crippen LogP contribution < -0.4 is 10.1 Å². The normalized spacial score (nSPS) is 19.0. The summed E-state index contributed by atoms with van der Waals surface area (Å²) >= 11 is 0. The summed E-state index contributed by atoms with van der Waals surface area (Å²) in [7, 11) is 0. The van der Waals surface area contributed by atoms with E-state index in [2.05, 4.69) is 54.7 Å². The van der Waals surface area contributed by atoms with E-state index < -0.39 is 18.4 Å². The van der Waals surface area contributed by atoms with Crippen LogP contribution in [0.25, 0.3) is 10.8 Å². The van der Waals surface area contributed by atoms with E-state index in [1.54, 1.807) is 0 Å². The van der Waals surface area contributed by atoms with Crippen LogP contribution in [0, 0.1) is 5.82 Å². The van der Waals surface area contributed by atoms with E-state index in [0.717, 1.165) is 24.8 Å². The zero-order valence-corrected chi connectivity index (χ0v) is 18.2. The van der Waals surface area contributed by atoms with Gasteiger partial charge in [0, 0.05) is 12.1 Å². The number of fused-ring (bicyclic) bond motifs is 1. The number of ether oxygens (including phenoxy) is 1. The van der Waals surface area contributed by atoms with Gasteiger partial charge >= 0.3 is 5.97 Å². The zero-order valence-electron chi connectivity index (χ0n) is 17.4. The number of carboxylic acid groups (broad SMARTS) is 1. The van der Waals surface area contributed by atoms with Crippen LogP contribution in [-0.2, 0) is 4.79 Å². The van der Waals surface area contributed by atoms with Crippen LogP contribution in [0.2, 0.25) is 0 Å². The molecule has 0 amide bonds. The van der Waals surface area contributed by atoms with Crippen LogP contribution in [0.5, 0.6) is 5.75 Å². The first kappa shape index (κ1) is 23.0. The number of carboxylic acids is 1. The summed E-state index contributed by atoms with van der Waals surface area (Å²) in [5.41, 5.74) is 2.24. The molecule has 3 aromatic carbocycles. The maximum Gasteiger partial charge on any atom is 0.341 e. The number of benzene rings is 3. The van der Waals surface area contributed by atoms with E-state index >= 15 is 0 Å². The fraction of sp³-hybridized carbons (Fsp3) is 0.320. The molecule has 4 rings (SSSR count). The Kier molecular flexibility index (Phi) is 7.52. The quantitative estimate of drug-likeness (QED) is 0.480. The lowest BCUT2D eigenvalue weighted by Crippen LogP contribution is -2.29. The monoisotopic (exact) mass is 443 g/mol. The van der Waals surface area contributed by atoms with E-state index in [1.165, 1.54) is 28.5 Å². The number of rotatable bonds is 7. The number of nitrogens with one attached hydrogen (secondary N) is 1. The number of hydrogen-bond acceptors (Lipinski definition) is 3. The van der Waals surface area contributed by atoms with Crippen molar-refractivity contribution in [1.29, 1.82) is 0 Å². The number of hydrogen-bond donors (Lipinski definition) is 2. The SMILES string of the molecule is C[C@@H](N[C@H]1CC[C@@H](c2ccc(OCC(=O)O)c(F)c2)C1)c1cccc2ccccc12.Cl. The molecule has 0 aliphatic heterocycles. The maximum absolute atomic E-state index is 14.3. The second kappa shape index (κ2) is 10.1. The fourth-order valence-corrected chi connectivity index (χ4v) is 4.53. The van der Waals surface area contributed by atoms with Crippen molar-refractivity contribution < 1.29 is 19.0 Å². The third-order valence-electron chi connectivity index (χ3n) is 5.99. The number of halogens is 2. The first-order chi connectivity index (χ1) is 14.5. The molecule has 0 bridgehead atoms. The Labute approximate surface area is 187 Å². The molecular formula is C25H27ClFNO3. The van der Waals surface area contributed by atoms with Crippen molar-refractivity contribution in [3.8, 4) is 5.75 Å². The van der Waals surface area contributed by atoms with Gasteiger partial charge in [0.05, 0.1) is 0 Å². The molecule has 1 aliphatic rings. The summed E-state index contributed by atoms with van der Waals surface area (Å²) in [6.07, 6.45) is 2.98. The predicted octanol–water partition coefficient (Wildman–Crippen LogP) is 5.85. The zero-order chi connectivity index (χ0) is 21.1. The Morgan fingerprint density at radius 2 is 1.94 bits per heavy atom. The predicted molar refractivity (Wildman–Crippen MR) is 123 cm³/mol. The summed E-state index contributed by atoms with van der Waals surface area (Å²) in [5, 5.41) is 15.0. The van der Waals surface area contributed by atoms with Gasteiger partial charge < -0.3 is 15.2 Å². The number of aliphatic carboxylic acids is 1. The van der Waals surface area contributed by atoms with Crippen LogP contribution >= 0.6 is 12.4 Å². The van der Waals surface area contributed by atoms with Crippen molar-refractivity contribution in [3.63, 3.8) is 0 Å². The molecular weight excluding hydrogens is 417 g/mol. The summed E-state index contributed by atoms with van der Waals surface area (Å²) in [6.45, 7) is 1.65. The molecule has 0 aromatic heterocycles. The third-order valence-corrected chi connectivity index (χ3v) is 5.99. The van der Waals surface area contributed by atoms with E-state index in [1.807, 2.05) is 6.07 Å². The highest BCUT2D eigenvalue weighted by molar-refractivity contribution is 5.86. The van der Waals surface area contributed by atoms with Crippen LogP contribution in [0.15, 0.2) is 60.7 Å². The van der Waals surface area contributed by atoms with Gasteiger partial charge in [-0.3, -0.25) is 0 Å². The molecule has 4 nitrogen and oxygen atoms in total. The molecule has 0 saturated heterocycles. The Hall–Kier alpha value is -2.63. The molecule has 0 unspecified atom stereocenters. The summed E-state index contributed by atoms with van der Waals surface area (Å²) in [6, 6.07) is 20.3. The molecule has 0 radical (unpaired) electrons. The molecule has 0 heterocycles. The molecule has 164 valence electrons. The molecule has 31 heavy (non-hydrogen) atoms. The number of carbonyl (C=O) groups is 1. The van der Waals surface area contributed by atoms with Crippen molar-refractivity contribution in [2.24, 2.45) is 0 Å². The van der Waals surface area contributed by atoms with Gasteiger partial charge in [0.1, 0.15) is 0 Å². The average Bonchev–Trinajstić information content (AvgIpc) is 3.20. The lowest BCUT2D eigenvalue weighted by molar-refractivity contribution is -0.139. The minimum absolute atomic E-state index is 0. The van der Waals surface area contributed by atoms with Crippen LogP contribution in [0.4, 0.5) is 4.39 Å². The third kappa shape index (κ3) is 5.35. The van der Waals surface area contributed by atoms with Crippen molar-refractivity contribution in [1.82, 2.24) is 5.32 Å². The van der Waals surface area contributed by atoms with Crippen LogP contribution in [0.1, 0.15) is 49.3 Å². The second-order valence-electron chi connectivity index (χ2n) is 8.04. The van der Waals surface area contributed by atoms with E-state index in [4.69, 9.17) is 9.84 Å². The molecule has 3 atom stereocenters. The van der Waals surface area contributed by atoms with Gasteiger partial charge in [-0.25, -0.2) is 9.18 Å². The van der Waals surface area contributed by atoms with E-state index in [-0.39, 0.29) is 30.1 Å². The van der Waals surface area contributed by atoms with Gasteiger partial charge in [0.15, 0.2) is 18.2 Å². The average molecular weight is 444 g/mol. The molecule has 6 heteroatoms. The maximum atomic E-state index is 14.3. The summed E-state index contributed by atoms with van der Waals surface area (Å²) < 4.78 is 19.3. The van der Waals surface area contributed by atoms with Gasteiger partial charge in [0.2, 0.25) is 0 Å². The van der Waals surface area contributed by atoms with E-state index in [0.29, 0.717) is 6.04 Å². The van der Waals surface area contributed by atoms with Gasteiger partial charge in [0.25, 0.3) is 0 Å². The Balaban J connectivity index is 0.00000272. The highest BCUT2D eigenvalue weighted by Gasteiger charge is 2.28. The molecule has 3 aromatic rings. The highest BCUT2D eigenvalue weighted by atomic mass is 35.5. The van der Waals surface area contributed by atoms with Gasteiger partial charge in [-0.05, 0) is 66.1 Å². The topological polar surface area (TPSA) is 58.6 Å². The molecule has 1 saturated carbocycles. The molecule has 0 spiro atoms. The smallest absolute Gasteiger partial charge is 0.341 e. The minimum atomic E-state index is -1.12. The molecule has 2 N–H and O–H groups in total.